The zero-order valence-corrected chi connectivity index (χ0v) is 8.75. The molecule has 0 aliphatic carbocycles. The van der Waals surface area contributed by atoms with Crippen LogP contribution in [0.3, 0.4) is 0 Å². The summed E-state index contributed by atoms with van der Waals surface area (Å²) in [5, 5.41) is 9.79. The van der Waals surface area contributed by atoms with Crippen molar-refractivity contribution in [1.29, 1.82) is 0 Å². The molecule has 2 atom stereocenters. The van der Waals surface area contributed by atoms with Gasteiger partial charge in [-0.3, -0.25) is 4.79 Å². The third kappa shape index (κ3) is 2.99. The molecule has 0 saturated heterocycles. The number of aromatic nitrogens is 2. The highest BCUT2D eigenvalue weighted by Crippen LogP contribution is 2.20. The lowest BCUT2D eigenvalue weighted by Gasteiger charge is -2.16. The summed E-state index contributed by atoms with van der Waals surface area (Å²) in [5.74, 6) is -1.05. The highest BCUT2D eigenvalue weighted by molar-refractivity contribution is 5.72. The fourth-order valence-corrected chi connectivity index (χ4v) is 1.13. The smallest absolute Gasteiger partial charge is 0.311 e. The maximum Gasteiger partial charge on any atom is 0.311 e. The highest BCUT2D eigenvalue weighted by atomic mass is 16.5. The zero-order valence-electron chi connectivity index (χ0n) is 8.75. The van der Waals surface area contributed by atoms with Crippen LogP contribution in [0.4, 0.5) is 0 Å². The van der Waals surface area contributed by atoms with E-state index in [1.165, 1.54) is 12.5 Å². The van der Waals surface area contributed by atoms with Gasteiger partial charge in [-0.2, -0.15) is 0 Å². The van der Waals surface area contributed by atoms with E-state index in [0.717, 1.165) is 0 Å². The van der Waals surface area contributed by atoms with Gasteiger partial charge in [0.2, 0.25) is 0 Å². The molecular weight excluding hydrogens is 196 g/mol. The predicted molar refractivity (Wildman–Crippen MR) is 52.8 cm³/mol. The van der Waals surface area contributed by atoms with Crippen molar-refractivity contribution >= 4 is 5.97 Å². The Balaban J connectivity index is 2.68. The van der Waals surface area contributed by atoms with Gasteiger partial charge in [-0.25, -0.2) is 9.97 Å². The van der Waals surface area contributed by atoms with E-state index in [1.54, 1.807) is 19.9 Å². The summed E-state index contributed by atoms with van der Waals surface area (Å²) in [7, 11) is 0. The Morgan fingerprint density at radius 1 is 1.67 bits per heavy atom. The number of rotatable bonds is 4. The molecule has 1 heterocycles. The Morgan fingerprint density at radius 2 is 2.40 bits per heavy atom. The number of hydrogen-bond donors (Lipinski definition) is 1. The number of aliphatic hydroxyl groups excluding tert-OH is 1. The molecule has 0 radical (unpaired) electrons. The predicted octanol–water partition coefficient (Wildman–Crippen LogP) is 0.709. The van der Waals surface area contributed by atoms with Crippen molar-refractivity contribution in [2.24, 2.45) is 5.92 Å². The quantitative estimate of drug-likeness (QED) is 0.741. The molecular formula is C10H14N2O3. The van der Waals surface area contributed by atoms with Crippen LogP contribution in [0.2, 0.25) is 0 Å². The van der Waals surface area contributed by atoms with Crippen molar-refractivity contribution in [3.63, 3.8) is 0 Å². The summed E-state index contributed by atoms with van der Waals surface area (Å²) in [6.07, 6.45) is 1.90. The lowest BCUT2D eigenvalue weighted by Crippen LogP contribution is -2.22. The fourth-order valence-electron chi connectivity index (χ4n) is 1.13. The van der Waals surface area contributed by atoms with E-state index in [-0.39, 0.29) is 0 Å². The van der Waals surface area contributed by atoms with Crippen molar-refractivity contribution in [2.45, 2.75) is 20.0 Å². The number of carbonyl (C=O) groups is 1. The van der Waals surface area contributed by atoms with Crippen LogP contribution in [-0.2, 0) is 9.53 Å². The van der Waals surface area contributed by atoms with Gasteiger partial charge in [0.15, 0.2) is 0 Å². The van der Waals surface area contributed by atoms with Gasteiger partial charge < -0.3 is 9.84 Å². The fraction of sp³-hybridized carbons (Fsp3) is 0.500. The van der Waals surface area contributed by atoms with Crippen LogP contribution in [0, 0.1) is 5.92 Å². The van der Waals surface area contributed by atoms with Gasteiger partial charge in [0.05, 0.1) is 18.2 Å². The second-order valence-corrected chi connectivity index (χ2v) is 3.12. The van der Waals surface area contributed by atoms with Gasteiger partial charge in [0.25, 0.3) is 0 Å². The molecule has 1 N–H and O–H groups in total. The van der Waals surface area contributed by atoms with E-state index in [4.69, 9.17) is 4.74 Å². The van der Waals surface area contributed by atoms with Crippen LogP contribution in [0.25, 0.3) is 0 Å². The number of nitrogens with zero attached hydrogens (tertiary/aromatic N) is 2. The van der Waals surface area contributed by atoms with Crippen molar-refractivity contribution in [2.75, 3.05) is 6.61 Å². The number of aliphatic hydroxyl groups is 1. The zero-order chi connectivity index (χ0) is 11.3. The number of esters is 1. The SMILES string of the molecule is CCOC(=O)C(C)C(O)c1ccncn1. The first-order chi connectivity index (χ1) is 7.16. The first kappa shape index (κ1) is 11.6. The first-order valence-electron chi connectivity index (χ1n) is 4.77. The molecule has 0 spiro atoms. The van der Waals surface area contributed by atoms with Gasteiger partial charge >= 0.3 is 5.97 Å². The molecule has 1 aromatic rings. The molecule has 5 heteroatoms. The normalized spacial score (nSPS) is 14.3. The van der Waals surface area contributed by atoms with Crippen LogP contribution < -0.4 is 0 Å². The molecule has 0 amide bonds. The number of ether oxygens (including phenoxy) is 1. The molecule has 15 heavy (non-hydrogen) atoms. The molecule has 1 rings (SSSR count). The molecule has 5 nitrogen and oxygen atoms in total. The van der Waals surface area contributed by atoms with E-state index < -0.39 is 18.0 Å². The number of hydrogen-bond acceptors (Lipinski definition) is 5. The van der Waals surface area contributed by atoms with Crippen LogP contribution in [0.5, 0.6) is 0 Å². The van der Waals surface area contributed by atoms with E-state index in [0.29, 0.717) is 12.3 Å². The minimum absolute atomic E-state index is 0.305. The molecule has 0 aromatic carbocycles. The average molecular weight is 210 g/mol. The molecule has 1 aromatic heterocycles. The Kier molecular flexibility index (Phi) is 4.17. The summed E-state index contributed by atoms with van der Waals surface area (Å²) in [5.41, 5.74) is 0.422. The van der Waals surface area contributed by atoms with E-state index >= 15 is 0 Å². The van der Waals surface area contributed by atoms with E-state index in [9.17, 15) is 9.90 Å². The van der Waals surface area contributed by atoms with Crippen LogP contribution >= 0.6 is 0 Å². The Morgan fingerprint density at radius 3 is 2.93 bits per heavy atom. The standard InChI is InChI=1S/C10H14N2O3/c1-3-15-10(14)7(2)9(13)8-4-5-11-6-12-8/h4-7,9,13H,3H2,1-2H3. The second kappa shape index (κ2) is 5.41. The van der Waals surface area contributed by atoms with Crippen molar-refractivity contribution in [3.05, 3.63) is 24.3 Å². The minimum atomic E-state index is -0.952. The van der Waals surface area contributed by atoms with Gasteiger partial charge in [-0.05, 0) is 19.9 Å². The molecule has 0 bridgehead atoms. The lowest BCUT2D eigenvalue weighted by molar-refractivity contribution is -0.151. The number of carbonyl (C=O) groups excluding carboxylic acids is 1. The van der Waals surface area contributed by atoms with Crippen molar-refractivity contribution in [1.82, 2.24) is 9.97 Å². The third-order valence-electron chi connectivity index (χ3n) is 2.04. The summed E-state index contributed by atoms with van der Waals surface area (Å²) >= 11 is 0. The maximum absolute atomic E-state index is 11.3. The Hall–Kier alpha value is -1.49. The minimum Gasteiger partial charge on any atom is -0.466 e. The van der Waals surface area contributed by atoms with Crippen molar-refractivity contribution < 1.29 is 14.6 Å². The average Bonchev–Trinajstić information content (AvgIpc) is 2.28. The van der Waals surface area contributed by atoms with E-state index in [2.05, 4.69) is 9.97 Å². The third-order valence-corrected chi connectivity index (χ3v) is 2.04. The molecule has 0 saturated carbocycles. The monoisotopic (exact) mass is 210 g/mol. The van der Waals surface area contributed by atoms with Gasteiger partial charge in [-0.1, -0.05) is 0 Å². The lowest BCUT2D eigenvalue weighted by atomic mass is 10.0. The van der Waals surface area contributed by atoms with Crippen LogP contribution in [0.1, 0.15) is 25.6 Å². The molecule has 0 aliphatic rings. The summed E-state index contributed by atoms with van der Waals surface area (Å²) in [6.45, 7) is 3.63. The Labute approximate surface area is 88.1 Å². The maximum atomic E-state index is 11.3. The van der Waals surface area contributed by atoms with Crippen LogP contribution in [-0.4, -0.2) is 27.7 Å². The summed E-state index contributed by atoms with van der Waals surface area (Å²) in [6, 6.07) is 1.57. The Bertz CT molecular complexity index is 316. The van der Waals surface area contributed by atoms with Gasteiger partial charge in [0, 0.05) is 6.20 Å². The molecule has 2 unspecified atom stereocenters. The van der Waals surface area contributed by atoms with E-state index in [1.807, 2.05) is 0 Å². The topological polar surface area (TPSA) is 72.3 Å². The molecule has 82 valence electrons. The van der Waals surface area contributed by atoms with Gasteiger partial charge in [0.1, 0.15) is 12.4 Å². The summed E-state index contributed by atoms with van der Waals surface area (Å²) < 4.78 is 4.80. The van der Waals surface area contributed by atoms with Gasteiger partial charge in [-0.15, -0.1) is 0 Å². The second-order valence-electron chi connectivity index (χ2n) is 3.12. The summed E-state index contributed by atoms with van der Waals surface area (Å²) in [4.78, 5) is 18.9. The molecule has 0 aliphatic heterocycles. The van der Waals surface area contributed by atoms with Crippen LogP contribution in [0.15, 0.2) is 18.6 Å². The first-order valence-corrected chi connectivity index (χ1v) is 4.77. The highest BCUT2D eigenvalue weighted by Gasteiger charge is 2.25. The molecule has 0 fully saturated rings. The van der Waals surface area contributed by atoms with Crippen molar-refractivity contribution in [3.8, 4) is 0 Å². The largest absolute Gasteiger partial charge is 0.466 e.